The number of carbonyl (C=O) groups is 1. The first-order valence-electron chi connectivity index (χ1n) is 3.89. The molecule has 0 bridgehead atoms. The molecule has 1 aliphatic rings. The Morgan fingerprint density at radius 3 is 2.85 bits per heavy atom. The third kappa shape index (κ3) is 1.73. The minimum Gasteiger partial charge on any atom is -0.458 e. The van der Waals surface area contributed by atoms with Crippen molar-refractivity contribution in [3.63, 3.8) is 0 Å². The van der Waals surface area contributed by atoms with Gasteiger partial charge in [-0.05, 0) is 17.7 Å². The summed E-state index contributed by atoms with van der Waals surface area (Å²) in [6, 6.07) is 7.36. The Morgan fingerprint density at radius 2 is 2.23 bits per heavy atom. The molecule has 1 heterocycles. The Balaban J connectivity index is 2.36. The third-order valence-electron chi connectivity index (χ3n) is 1.86. The van der Waals surface area contributed by atoms with E-state index in [9.17, 15) is 4.79 Å². The second-order valence-corrected chi connectivity index (χ2v) is 3.22. The maximum absolute atomic E-state index is 10.8. The van der Waals surface area contributed by atoms with Gasteiger partial charge in [0.15, 0.2) is 0 Å². The van der Waals surface area contributed by atoms with Crippen molar-refractivity contribution in [3.8, 4) is 0 Å². The van der Waals surface area contributed by atoms with Crippen LogP contribution in [-0.2, 0) is 9.53 Å². The largest absolute Gasteiger partial charge is 0.458 e. The Bertz CT molecular complexity index is 382. The molecule has 0 saturated heterocycles. The van der Waals surface area contributed by atoms with Crippen molar-refractivity contribution in [3.05, 3.63) is 40.9 Å². The van der Waals surface area contributed by atoms with Gasteiger partial charge in [-0.1, -0.05) is 23.7 Å². The first-order valence-corrected chi connectivity index (χ1v) is 4.27. The lowest BCUT2D eigenvalue weighted by Crippen LogP contribution is -1.91. The van der Waals surface area contributed by atoms with Gasteiger partial charge in [-0.2, -0.15) is 0 Å². The summed E-state index contributed by atoms with van der Waals surface area (Å²) in [5.41, 5.74) is 1.82. The fourth-order valence-corrected chi connectivity index (χ4v) is 1.42. The van der Waals surface area contributed by atoms with Crippen LogP contribution >= 0.6 is 11.6 Å². The average molecular weight is 195 g/mol. The number of ether oxygens (including phenoxy) is 1. The maximum atomic E-state index is 10.8. The van der Waals surface area contributed by atoms with Gasteiger partial charge >= 0.3 is 5.97 Å². The van der Waals surface area contributed by atoms with E-state index in [-0.39, 0.29) is 5.97 Å². The summed E-state index contributed by atoms with van der Waals surface area (Å²) >= 11 is 5.81. The maximum Gasteiger partial charge on any atom is 0.331 e. The minimum atomic E-state index is -0.282. The second kappa shape index (κ2) is 3.23. The van der Waals surface area contributed by atoms with Crippen molar-refractivity contribution in [2.45, 2.75) is 0 Å². The number of benzene rings is 1. The molecule has 0 N–H and O–H groups in total. The Kier molecular flexibility index (Phi) is 2.07. The van der Waals surface area contributed by atoms with Crippen molar-refractivity contribution in [1.82, 2.24) is 0 Å². The zero-order valence-corrected chi connectivity index (χ0v) is 7.54. The number of halogens is 1. The van der Waals surface area contributed by atoms with Crippen molar-refractivity contribution in [2.75, 3.05) is 6.61 Å². The zero-order chi connectivity index (χ0) is 9.26. The van der Waals surface area contributed by atoms with E-state index in [1.165, 1.54) is 6.08 Å². The topological polar surface area (TPSA) is 26.3 Å². The first kappa shape index (κ1) is 8.32. The Labute approximate surface area is 80.8 Å². The molecular formula is C10H7ClO2. The molecule has 0 aromatic heterocycles. The van der Waals surface area contributed by atoms with E-state index in [1.54, 1.807) is 6.07 Å². The van der Waals surface area contributed by atoms with Crippen molar-refractivity contribution in [2.24, 2.45) is 0 Å². The standard InChI is InChI=1S/C10H7ClO2/c11-9-3-1-2-7(4-9)8-5-10(12)13-6-8/h1-5H,6H2. The molecule has 2 rings (SSSR count). The number of hydrogen-bond donors (Lipinski definition) is 0. The lowest BCUT2D eigenvalue weighted by atomic mass is 10.1. The van der Waals surface area contributed by atoms with Gasteiger partial charge in [0.2, 0.25) is 0 Å². The fraction of sp³-hybridized carbons (Fsp3) is 0.100. The molecule has 2 nitrogen and oxygen atoms in total. The van der Waals surface area contributed by atoms with E-state index in [1.807, 2.05) is 18.2 Å². The predicted octanol–water partition coefficient (Wildman–Crippen LogP) is 2.28. The zero-order valence-electron chi connectivity index (χ0n) is 6.79. The van der Waals surface area contributed by atoms with Crippen molar-refractivity contribution >= 4 is 23.1 Å². The molecule has 0 amide bonds. The summed E-state index contributed by atoms with van der Waals surface area (Å²) < 4.78 is 4.79. The molecule has 1 aromatic carbocycles. The van der Waals surface area contributed by atoms with Gasteiger partial charge in [0.05, 0.1) is 0 Å². The second-order valence-electron chi connectivity index (χ2n) is 2.79. The van der Waals surface area contributed by atoms with Gasteiger partial charge in [0.25, 0.3) is 0 Å². The molecule has 0 radical (unpaired) electrons. The number of carbonyl (C=O) groups excluding carboxylic acids is 1. The van der Waals surface area contributed by atoms with Gasteiger partial charge in [-0.3, -0.25) is 0 Å². The van der Waals surface area contributed by atoms with Crippen LogP contribution in [0, 0.1) is 0 Å². The Hall–Kier alpha value is -1.28. The van der Waals surface area contributed by atoms with E-state index in [2.05, 4.69) is 0 Å². The summed E-state index contributed by atoms with van der Waals surface area (Å²) in [6.07, 6.45) is 1.49. The van der Waals surface area contributed by atoms with Crippen LogP contribution in [0.25, 0.3) is 5.57 Å². The van der Waals surface area contributed by atoms with E-state index in [4.69, 9.17) is 16.3 Å². The highest BCUT2D eigenvalue weighted by Crippen LogP contribution is 2.22. The molecule has 0 atom stereocenters. The normalized spacial score (nSPS) is 15.5. The number of esters is 1. The lowest BCUT2D eigenvalue weighted by molar-refractivity contribution is -0.134. The van der Waals surface area contributed by atoms with Gasteiger partial charge in [-0.15, -0.1) is 0 Å². The van der Waals surface area contributed by atoms with E-state index >= 15 is 0 Å². The highest BCUT2D eigenvalue weighted by molar-refractivity contribution is 6.30. The highest BCUT2D eigenvalue weighted by atomic mass is 35.5. The smallest absolute Gasteiger partial charge is 0.331 e. The summed E-state index contributed by atoms with van der Waals surface area (Å²) in [5, 5.41) is 0.665. The van der Waals surface area contributed by atoms with E-state index in [0.717, 1.165) is 11.1 Å². The average Bonchev–Trinajstić information content (AvgIpc) is 2.52. The molecule has 0 unspecified atom stereocenters. The van der Waals surface area contributed by atoms with E-state index < -0.39 is 0 Å². The fourth-order valence-electron chi connectivity index (χ4n) is 1.23. The van der Waals surface area contributed by atoms with Gasteiger partial charge in [0, 0.05) is 16.7 Å². The highest BCUT2D eigenvalue weighted by Gasteiger charge is 2.14. The predicted molar refractivity (Wildman–Crippen MR) is 50.4 cm³/mol. The molecule has 3 heteroatoms. The number of rotatable bonds is 1. The molecule has 1 aromatic rings. The van der Waals surface area contributed by atoms with Crippen LogP contribution in [0.1, 0.15) is 5.56 Å². The van der Waals surface area contributed by atoms with Crippen LogP contribution in [0.2, 0.25) is 5.02 Å². The third-order valence-corrected chi connectivity index (χ3v) is 2.09. The lowest BCUT2D eigenvalue weighted by Gasteiger charge is -2.00. The molecule has 0 fully saturated rings. The SMILES string of the molecule is O=C1C=C(c2cccc(Cl)c2)CO1. The number of cyclic esters (lactones) is 1. The summed E-state index contributed by atoms with van der Waals surface area (Å²) in [7, 11) is 0. The number of hydrogen-bond acceptors (Lipinski definition) is 2. The van der Waals surface area contributed by atoms with Crippen LogP contribution in [0.15, 0.2) is 30.3 Å². The summed E-state index contributed by atoms with van der Waals surface area (Å²) in [4.78, 5) is 10.8. The van der Waals surface area contributed by atoms with Crippen LogP contribution in [0.5, 0.6) is 0 Å². The molecule has 0 aliphatic carbocycles. The quantitative estimate of drug-likeness (QED) is 0.642. The van der Waals surface area contributed by atoms with Gasteiger partial charge in [0.1, 0.15) is 6.61 Å². The summed E-state index contributed by atoms with van der Waals surface area (Å²) in [6.45, 7) is 0.346. The van der Waals surface area contributed by atoms with Crippen LogP contribution in [0.4, 0.5) is 0 Å². The van der Waals surface area contributed by atoms with Crippen molar-refractivity contribution < 1.29 is 9.53 Å². The molecule has 0 saturated carbocycles. The Morgan fingerprint density at radius 1 is 1.38 bits per heavy atom. The van der Waals surface area contributed by atoms with Gasteiger partial charge in [-0.25, -0.2) is 4.79 Å². The molecule has 66 valence electrons. The molecule has 13 heavy (non-hydrogen) atoms. The van der Waals surface area contributed by atoms with Crippen LogP contribution < -0.4 is 0 Å². The van der Waals surface area contributed by atoms with Crippen molar-refractivity contribution in [1.29, 1.82) is 0 Å². The first-order chi connectivity index (χ1) is 6.25. The monoisotopic (exact) mass is 194 g/mol. The van der Waals surface area contributed by atoms with Gasteiger partial charge < -0.3 is 4.74 Å². The minimum absolute atomic E-state index is 0.282. The molecule has 0 spiro atoms. The molecular weight excluding hydrogens is 188 g/mol. The van der Waals surface area contributed by atoms with E-state index in [0.29, 0.717) is 11.6 Å². The summed E-state index contributed by atoms with van der Waals surface area (Å²) in [5.74, 6) is -0.282. The molecule has 1 aliphatic heterocycles. The van der Waals surface area contributed by atoms with Crippen LogP contribution in [-0.4, -0.2) is 12.6 Å². The van der Waals surface area contributed by atoms with Crippen LogP contribution in [0.3, 0.4) is 0 Å².